The lowest BCUT2D eigenvalue weighted by Gasteiger charge is -2.38. The van der Waals surface area contributed by atoms with E-state index in [0.717, 1.165) is 51.3 Å². The Kier molecular flexibility index (Phi) is 5.43. The third-order valence-corrected chi connectivity index (χ3v) is 5.15. The van der Waals surface area contributed by atoms with Gasteiger partial charge in [0.15, 0.2) is 5.82 Å². The molecule has 0 saturated carbocycles. The zero-order chi connectivity index (χ0) is 16.1. The molecule has 2 atom stereocenters. The Morgan fingerprint density at radius 2 is 2.39 bits per heavy atom. The van der Waals surface area contributed by atoms with Crippen LogP contribution in [0.2, 0.25) is 0 Å². The first-order valence-corrected chi connectivity index (χ1v) is 8.73. The first-order valence-electron chi connectivity index (χ1n) is 8.73. The van der Waals surface area contributed by atoms with E-state index in [1.165, 1.54) is 6.42 Å². The number of hydrogen-bond donors (Lipinski definition) is 1. The molecule has 1 N–H and O–H groups in total. The number of nitrogens with one attached hydrogen (secondary N) is 1. The number of nitrogens with zero attached hydrogens (tertiary/aromatic N) is 4. The molecule has 0 aromatic carbocycles. The summed E-state index contributed by atoms with van der Waals surface area (Å²) in [5, 5.41) is 11.5. The molecule has 0 aliphatic carbocycles. The molecular formula is C17H27N5O. The molecule has 2 unspecified atom stereocenters. The van der Waals surface area contributed by atoms with Crippen molar-refractivity contribution in [2.24, 2.45) is 5.92 Å². The zero-order valence-corrected chi connectivity index (χ0v) is 13.9. The third kappa shape index (κ3) is 4.19. The molecule has 1 amide bonds. The standard InChI is InChI=1S/C17H27N5O/c1-21(17(23)7-6-14-8-10-18-12-14)15-4-3-11-22(13-15)16-5-2-9-19-20-16/h2,5,9,14-15,18H,3-4,6-8,10-13H2,1H3. The van der Waals surface area contributed by atoms with E-state index >= 15 is 0 Å². The van der Waals surface area contributed by atoms with Crippen molar-refractivity contribution < 1.29 is 4.79 Å². The second-order valence-electron chi connectivity index (χ2n) is 6.73. The minimum atomic E-state index is 0.278. The van der Waals surface area contributed by atoms with Gasteiger partial charge in [-0.05, 0) is 56.8 Å². The Labute approximate surface area is 138 Å². The van der Waals surface area contributed by atoms with Crippen LogP contribution in [0, 0.1) is 5.92 Å². The summed E-state index contributed by atoms with van der Waals surface area (Å²) < 4.78 is 0. The number of hydrogen-bond acceptors (Lipinski definition) is 5. The van der Waals surface area contributed by atoms with E-state index in [9.17, 15) is 4.79 Å². The summed E-state index contributed by atoms with van der Waals surface area (Å²) in [6.45, 7) is 4.02. The van der Waals surface area contributed by atoms with E-state index in [0.29, 0.717) is 12.3 Å². The average molecular weight is 317 g/mol. The van der Waals surface area contributed by atoms with Gasteiger partial charge in [-0.25, -0.2) is 0 Å². The van der Waals surface area contributed by atoms with Gasteiger partial charge in [0.25, 0.3) is 0 Å². The van der Waals surface area contributed by atoms with Crippen molar-refractivity contribution in [1.82, 2.24) is 20.4 Å². The Morgan fingerprint density at radius 1 is 1.48 bits per heavy atom. The zero-order valence-electron chi connectivity index (χ0n) is 13.9. The molecule has 0 bridgehead atoms. The minimum Gasteiger partial charge on any atom is -0.353 e. The quantitative estimate of drug-likeness (QED) is 0.887. The number of aromatic nitrogens is 2. The van der Waals surface area contributed by atoms with E-state index in [1.807, 2.05) is 24.1 Å². The Balaban J connectivity index is 1.51. The smallest absolute Gasteiger partial charge is 0.222 e. The van der Waals surface area contributed by atoms with Crippen molar-refractivity contribution in [2.45, 2.75) is 38.1 Å². The highest BCUT2D eigenvalue weighted by molar-refractivity contribution is 5.76. The van der Waals surface area contributed by atoms with Gasteiger partial charge in [-0.15, -0.1) is 5.10 Å². The van der Waals surface area contributed by atoms with Crippen LogP contribution in [0.5, 0.6) is 0 Å². The Hall–Kier alpha value is -1.69. The van der Waals surface area contributed by atoms with Crippen LogP contribution in [0.4, 0.5) is 5.82 Å². The van der Waals surface area contributed by atoms with Crippen molar-refractivity contribution in [3.63, 3.8) is 0 Å². The summed E-state index contributed by atoms with van der Waals surface area (Å²) in [6.07, 6.45) is 6.75. The van der Waals surface area contributed by atoms with E-state index < -0.39 is 0 Å². The number of rotatable bonds is 5. The van der Waals surface area contributed by atoms with Crippen molar-refractivity contribution in [3.05, 3.63) is 18.3 Å². The predicted molar refractivity (Wildman–Crippen MR) is 90.2 cm³/mol. The lowest BCUT2D eigenvalue weighted by atomic mass is 10.0. The van der Waals surface area contributed by atoms with E-state index in [1.54, 1.807) is 6.20 Å². The van der Waals surface area contributed by atoms with Crippen molar-refractivity contribution in [1.29, 1.82) is 0 Å². The second kappa shape index (κ2) is 7.73. The molecule has 2 saturated heterocycles. The minimum absolute atomic E-state index is 0.278. The van der Waals surface area contributed by atoms with Crippen LogP contribution in [-0.2, 0) is 4.79 Å². The molecule has 0 spiro atoms. The molecule has 0 radical (unpaired) electrons. The summed E-state index contributed by atoms with van der Waals surface area (Å²) in [5.74, 6) is 1.87. The predicted octanol–water partition coefficient (Wildman–Crippen LogP) is 1.29. The van der Waals surface area contributed by atoms with Gasteiger partial charge in [-0.1, -0.05) is 0 Å². The SMILES string of the molecule is CN(C(=O)CCC1CCNC1)C1CCCN(c2cccnn2)C1. The van der Waals surface area contributed by atoms with Crippen LogP contribution < -0.4 is 10.2 Å². The molecule has 1 aromatic rings. The summed E-state index contributed by atoms with van der Waals surface area (Å²) >= 11 is 0. The van der Waals surface area contributed by atoms with Crippen molar-refractivity contribution >= 4 is 11.7 Å². The molecule has 3 rings (SSSR count). The molecule has 2 fully saturated rings. The molecule has 1 aromatic heterocycles. The number of likely N-dealkylation sites (N-methyl/N-ethyl adjacent to an activating group) is 1. The van der Waals surface area contributed by atoms with Crippen molar-refractivity contribution in [2.75, 3.05) is 38.1 Å². The number of carbonyl (C=O) groups is 1. The van der Waals surface area contributed by atoms with E-state index in [4.69, 9.17) is 0 Å². The summed E-state index contributed by atoms with van der Waals surface area (Å²) in [5.41, 5.74) is 0. The average Bonchev–Trinajstić information content (AvgIpc) is 3.13. The van der Waals surface area contributed by atoms with Gasteiger partial charge >= 0.3 is 0 Å². The first-order chi connectivity index (χ1) is 11.2. The largest absolute Gasteiger partial charge is 0.353 e. The molecule has 23 heavy (non-hydrogen) atoms. The highest BCUT2D eigenvalue weighted by atomic mass is 16.2. The monoisotopic (exact) mass is 317 g/mol. The van der Waals surface area contributed by atoms with Crippen LogP contribution in [0.15, 0.2) is 18.3 Å². The fraction of sp³-hybridized carbons (Fsp3) is 0.706. The second-order valence-corrected chi connectivity index (χ2v) is 6.73. The van der Waals surface area contributed by atoms with Crippen LogP contribution in [0.3, 0.4) is 0 Å². The summed E-state index contributed by atoms with van der Waals surface area (Å²) in [7, 11) is 1.96. The first kappa shape index (κ1) is 16.2. The van der Waals surface area contributed by atoms with Crippen LogP contribution in [-0.4, -0.2) is 60.3 Å². The van der Waals surface area contributed by atoms with Crippen molar-refractivity contribution in [3.8, 4) is 0 Å². The van der Waals surface area contributed by atoms with Crippen LogP contribution in [0.25, 0.3) is 0 Å². The van der Waals surface area contributed by atoms with Gasteiger partial charge in [0, 0.05) is 38.8 Å². The van der Waals surface area contributed by atoms with Gasteiger partial charge in [0.05, 0.1) is 0 Å². The molecule has 6 heteroatoms. The van der Waals surface area contributed by atoms with Gasteiger partial charge in [0.2, 0.25) is 5.91 Å². The maximum absolute atomic E-state index is 12.5. The topological polar surface area (TPSA) is 61.4 Å². The van der Waals surface area contributed by atoms with E-state index in [-0.39, 0.29) is 11.9 Å². The number of amides is 1. The van der Waals surface area contributed by atoms with Crippen LogP contribution >= 0.6 is 0 Å². The maximum atomic E-state index is 12.5. The molecule has 126 valence electrons. The number of carbonyl (C=O) groups excluding carboxylic acids is 1. The van der Waals surface area contributed by atoms with Gasteiger partial charge < -0.3 is 15.1 Å². The Morgan fingerprint density at radius 3 is 3.13 bits per heavy atom. The molecule has 2 aliphatic heterocycles. The lowest BCUT2D eigenvalue weighted by molar-refractivity contribution is -0.132. The number of anilines is 1. The van der Waals surface area contributed by atoms with E-state index in [2.05, 4.69) is 20.4 Å². The summed E-state index contributed by atoms with van der Waals surface area (Å²) in [4.78, 5) is 16.7. The fourth-order valence-electron chi connectivity index (χ4n) is 3.61. The lowest BCUT2D eigenvalue weighted by Crippen LogP contribution is -2.49. The fourth-order valence-corrected chi connectivity index (χ4v) is 3.61. The number of piperidine rings is 1. The molecule has 2 aliphatic rings. The third-order valence-electron chi connectivity index (χ3n) is 5.15. The molecular weight excluding hydrogens is 290 g/mol. The highest BCUT2D eigenvalue weighted by Gasteiger charge is 2.27. The maximum Gasteiger partial charge on any atom is 0.222 e. The Bertz CT molecular complexity index is 503. The van der Waals surface area contributed by atoms with Gasteiger partial charge in [0.1, 0.15) is 0 Å². The normalized spacial score (nSPS) is 24.7. The van der Waals surface area contributed by atoms with Gasteiger partial charge in [-0.3, -0.25) is 4.79 Å². The molecule has 3 heterocycles. The highest BCUT2D eigenvalue weighted by Crippen LogP contribution is 2.21. The summed E-state index contributed by atoms with van der Waals surface area (Å²) in [6, 6.07) is 4.18. The molecule has 6 nitrogen and oxygen atoms in total. The van der Waals surface area contributed by atoms with Gasteiger partial charge in [-0.2, -0.15) is 5.10 Å². The van der Waals surface area contributed by atoms with Crippen LogP contribution in [0.1, 0.15) is 32.1 Å².